The Bertz CT molecular complexity index is 991. The second-order valence-electron chi connectivity index (χ2n) is 8.96. The van der Waals surface area contributed by atoms with Gasteiger partial charge in [-0.05, 0) is 75.4 Å². The van der Waals surface area contributed by atoms with E-state index in [1.807, 2.05) is 50.2 Å². The largest absolute Gasteiger partial charge is 0.490 e. The van der Waals surface area contributed by atoms with Gasteiger partial charge in [-0.2, -0.15) is 0 Å². The van der Waals surface area contributed by atoms with E-state index >= 15 is 0 Å². The molecule has 1 atom stereocenters. The first-order chi connectivity index (χ1) is 16.9. The van der Waals surface area contributed by atoms with E-state index in [9.17, 15) is 9.59 Å². The minimum atomic E-state index is -0.582. The van der Waals surface area contributed by atoms with Crippen LogP contribution < -0.4 is 14.8 Å². The molecule has 0 aliphatic heterocycles. The first-order valence-electron chi connectivity index (χ1n) is 12.6. The maximum Gasteiger partial charge on any atom is 0.242 e. The Kier molecular flexibility index (Phi) is 10.3. The molecule has 0 spiro atoms. The summed E-state index contributed by atoms with van der Waals surface area (Å²) in [7, 11) is 0. The van der Waals surface area contributed by atoms with Gasteiger partial charge >= 0.3 is 0 Å². The van der Waals surface area contributed by atoms with Crippen LogP contribution in [0.2, 0.25) is 5.02 Å². The quantitative estimate of drug-likeness (QED) is 0.415. The topological polar surface area (TPSA) is 67.9 Å². The third-order valence-electron chi connectivity index (χ3n) is 6.35. The summed E-state index contributed by atoms with van der Waals surface area (Å²) in [5.41, 5.74) is 1.88. The molecule has 35 heavy (non-hydrogen) atoms. The van der Waals surface area contributed by atoms with Gasteiger partial charge in [0.25, 0.3) is 0 Å². The fraction of sp³-hybridized carbons (Fsp3) is 0.500. The predicted molar refractivity (Wildman–Crippen MR) is 139 cm³/mol. The van der Waals surface area contributed by atoms with Gasteiger partial charge < -0.3 is 19.7 Å². The van der Waals surface area contributed by atoms with Crippen molar-refractivity contribution in [3.63, 3.8) is 0 Å². The zero-order valence-electron chi connectivity index (χ0n) is 21.0. The zero-order valence-corrected chi connectivity index (χ0v) is 21.8. The molecule has 2 aromatic carbocycles. The van der Waals surface area contributed by atoms with Crippen LogP contribution in [0, 0.1) is 0 Å². The number of halogens is 1. The number of benzene rings is 2. The highest BCUT2D eigenvalue weighted by Gasteiger charge is 2.28. The van der Waals surface area contributed by atoms with Gasteiger partial charge in [0, 0.05) is 24.0 Å². The molecule has 1 aliphatic rings. The van der Waals surface area contributed by atoms with E-state index in [1.54, 1.807) is 17.9 Å². The third-order valence-corrected chi connectivity index (χ3v) is 6.58. The molecule has 6 nitrogen and oxygen atoms in total. The lowest BCUT2D eigenvalue weighted by Gasteiger charge is -2.30. The minimum absolute atomic E-state index is 0.0779. The number of nitrogens with one attached hydrogen (secondary N) is 1. The maximum atomic E-state index is 13.4. The van der Waals surface area contributed by atoms with Crippen molar-refractivity contribution in [1.29, 1.82) is 0 Å². The van der Waals surface area contributed by atoms with Crippen LogP contribution in [0.15, 0.2) is 42.5 Å². The first-order valence-corrected chi connectivity index (χ1v) is 13.0. The highest BCUT2D eigenvalue weighted by molar-refractivity contribution is 6.30. The summed E-state index contributed by atoms with van der Waals surface area (Å²) in [6.07, 6.45) is 5.09. The van der Waals surface area contributed by atoms with Crippen molar-refractivity contribution in [2.45, 2.75) is 77.9 Å². The SMILES string of the molecule is CCOc1ccc(CCC(=O)N(Cc2cccc(Cl)c2)C(C)C(=O)NC2CCCC2)cc1OCC. The van der Waals surface area contributed by atoms with E-state index in [0.29, 0.717) is 42.7 Å². The fourth-order valence-corrected chi connectivity index (χ4v) is 4.67. The third kappa shape index (κ3) is 7.89. The summed E-state index contributed by atoms with van der Waals surface area (Å²) in [6.45, 7) is 7.07. The summed E-state index contributed by atoms with van der Waals surface area (Å²) in [4.78, 5) is 28.1. The Morgan fingerprint density at radius 1 is 1.03 bits per heavy atom. The summed E-state index contributed by atoms with van der Waals surface area (Å²) in [5.74, 6) is 1.20. The van der Waals surface area contributed by atoms with Gasteiger partial charge in [-0.3, -0.25) is 9.59 Å². The molecule has 0 aromatic heterocycles. The summed E-state index contributed by atoms with van der Waals surface area (Å²) < 4.78 is 11.4. The molecular weight excluding hydrogens is 464 g/mol. The van der Waals surface area contributed by atoms with Crippen molar-refractivity contribution >= 4 is 23.4 Å². The minimum Gasteiger partial charge on any atom is -0.490 e. The van der Waals surface area contributed by atoms with Crippen LogP contribution in [-0.4, -0.2) is 42.0 Å². The molecule has 7 heteroatoms. The zero-order chi connectivity index (χ0) is 25.2. The molecule has 1 N–H and O–H groups in total. The molecule has 0 bridgehead atoms. The van der Waals surface area contributed by atoms with Crippen molar-refractivity contribution in [2.24, 2.45) is 0 Å². The van der Waals surface area contributed by atoms with Gasteiger partial charge in [0.1, 0.15) is 6.04 Å². The lowest BCUT2D eigenvalue weighted by molar-refractivity contribution is -0.140. The van der Waals surface area contributed by atoms with Crippen LogP contribution in [-0.2, 0) is 22.6 Å². The Morgan fingerprint density at radius 3 is 2.43 bits per heavy atom. The summed E-state index contributed by atoms with van der Waals surface area (Å²) in [6, 6.07) is 12.8. The number of carbonyl (C=O) groups is 2. The Labute approximate surface area is 213 Å². The van der Waals surface area contributed by atoms with E-state index in [1.165, 1.54) is 0 Å². The predicted octanol–water partition coefficient (Wildman–Crippen LogP) is 5.55. The van der Waals surface area contributed by atoms with E-state index in [4.69, 9.17) is 21.1 Å². The van der Waals surface area contributed by atoms with Crippen LogP contribution in [0.5, 0.6) is 11.5 Å². The van der Waals surface area contributed by atoms with E-state index in [-0.39, 0.29) is 24.3 Å². The number of hydrogen-bond donors (Lipinski definition) is 1. The van der Waals surface area contributed by atoms with E-state index in [0.717, 1.165) is 36.8 Å². The molecule has 1 aliphatic carbocycles. The molecule has 2 amide bonds. The fourth-order valence-electron chi connectivity index (χ4n) is 4.45. The summed E-state index contributed by atoms with van der Waals surface area (Å²) >= 11 is 6.18. The van der Waals surface area contributed by atoms with Gasteiger partial charge in [0.05, 0.1) is 13.2 Å². The molecule has 0 radical (unpaired) electrons. The second-order valence-corrected chi connectivity index (χ2v) is 9.40. The van der Waals surface area contributed by atoms with Gasteiger partial charge in [0.15, 0.2) is 11.5 Å². The van der Waals surface area contributed by atoms with Gasteiger partial charge in [0.2, 0.25) is 11.8 Å². The maximum absolute atomic E-state index is 13.4. The molecule has 2 aromatic rings. The van der Waals surface area contributed by atoms with Crippen LogP contribution in [0.1, 0.15) is 64.0 Å². The number of hydrogen-bond acceptors (Lipinski definition) is 4. The van der Waals surface area contributed by atoms with Crippen molar-refractivity contribution in [1.82, 2.24) is 10.2 Å². The van der Waals surface area contributed by atoms with E-state index < -0.39 is 6.04 Å². The van der Waals surface area contributed by atoms with E-state index in [2.05, 4.69) is 5.32 Å². The average Bonchev–Trinajstić information content (AvgIpc) is 3.35. The molecule has 3 rings (SSSR count). The van der Waals surface area contributed by atoms with Crippen molar-refractivity contribution in [3.8, 4) is 11.5 Å². The lowest BCUT2D eigenvalue weighted by Crippen LogP contribution is -2.49. The van der Waals surface area contributed by atoms with Crippen LogP contribution in [0.4, 0.5) is 0 Å². The Morgan fingerprint density at radius 2 is 1.74 bits per heavy atom. The average molecular weight is 501 g/mol. The second kappa shape index (κ2) is 13.4. The van der Waals surface area contributed by atoms with Crippen LogP contribution in [0.25, 0.3) is 0 Å². The van der Waals surface area contributed by atoms with Crippen molar-refractivity contribution in [2.75, 3.05) is 13.2 Å². The standard InChI is InChI=1S/C28H37ClN2O4/c1-4-34-25-15-13-21(18-26(25)35-5-2)14-16-27(32)31(19-22-9-8-10-23(29)17-22)20(3)28(33)30-24-11-6-7-12-24/h8-10,13,15,17-18,20,24H,4-7,11-12,14,16,19H2,1-3H3,(H,30,33). The lowest BCUT2D eigenvalue weighted by atomic mass is 10.1. The highest BCUT2D eigenvalue weighted by atomic mass is 35.5. The molecule has 1 unspecified atom stereocenters. The van der Waals surface area contributed by atoms with Gasteiger partial charge in [-0.25, -0.2) is 0 Å². The molecule has 190 valence electrons. The molecule has 1 fully saturated rings. The number of nitrogens with zero attached hydrogens (tertiary/aromatic N) is 1. The monoisotopic (exact) mass is 500 g/mol. The van der Waals surface area contributed by atoms with Crippen LogP contribution in [0.3, 0.4) is 0 Å². The normalized spacial score (nSPS) is 14.4. The van der Waals surface area contributed by atoms with Crippen molar-refractivity contribution in [3.05, 3.63) is 58.6 Å². The van der Waals surface area contributed by atoms with Gasteiger partial charge in [-0.1, -0.05) is 42.6 Å². The molecule has 0 saturated heterocycles. The molecule has 0 heterocycles. The van der Waals surface area contributed by atoms with Crippen LogP contribution >= 0.6 is 11.6 Å². The van der Waals surface area contributed by atoms with Crippen molar-refractivity contribution < 1.29 is 19.1 Å². The summed E-state index contributed by atoms with van der Waals surface area (Å²) in [5, 5.41) is 3.74. The number of carbonyl (C=O) groups excluding carboxylic acids is 2. The number of amides is 2. The number of ether oxygens (including phenoxy) is 2. The van der Waals surface area contributed by atoms with Gasteiger partial charge in [-0.15, -0.1) is 0 Å². The first kappa shape index (κ1) is 26.9. The Balaban J connectivity index is 1.72. The number of aryl methyl sites for hydroxylation is 1. The smallest absolute Gasteiger partial charge is 0.242 e. The molecular formula is C28H37ClN2O4. The highest BCUT2D eigenvalue weighted by Crippen LogP contribution is 2.29. The number of rotatable bonds is 12. The molecule has 1 saturated carbocycles. The Hall–Kier alpha value is -2.73.